The molecule has 5 heteroatoms. The van der Waals surface area contributed by atoms with Crippen LogP contribution in [0.2, 0.25) is 0 Å². The van der Waals surface area contributed by atoms with E-state index in [0.29, 0.717) is 23.3 Å². The zero-order valence-electron chi connectivity index (χ0n) is 11.8. The number of ether oxygens (including phenoxy) is 1. The number of anilines is 1. The van der Waals surface area contributed by atoms with Crippen LogP contribution in [0.25, 0.3) is 10.9 Å². The van der Waals surface area contributed by atoms with Gasteiger partial charge in [0.15, 0.2) is 0 Å². The van der Waals surface area contributed by atoms with Gasteiger partial charge in [-0.3, -0.25) is 0 Å². The number of hydrogen-bond acceptors (Lipinski definition) is 4. The molecule has 2 aromatic rings. The predicted octanol–water partition coefficient (Wildman–Crippen LogP) is 2.77. The van der Waals surface area contributed by atoms with Gasteiger partial charge in [0.1, 0.15) is 5.82 Å². The Balaban J connectivity index is 2.48. The minimum Gasteiger partial charge on any atom is -0.478 e. The summed E-state index contributed by atoms with van der Waals surface area (Å²) in [6, 6.07) is 8.76. The van der Waals surface area contributed by atoms with E-state index in [-0.39, 0.29) is 11.1 Å². The molecule has 0 atom stereocenters. The molecule has 1 aromatic carbocycles. The Kier molecular flexibility index (Phi) is 3.90. The number of aromatic nitrogens is 1. The van der Waals surface area contributed by atoms with Crippen molar-refractivity contribution in [2.45, 2.75) is 19.4 Å². The van der Waals surface area contributed by atoms with E-state index in [2.05, 4.69) is 10.3 Å². The third kappa shape index (κ3) is 3.05. The van der Waals surface area contributed by atoms with Gasteiger partial charge in [0.2, 0.25) is 0 Å². The van der Waals surface area contributed by atoms with Crippen molar-refractivity contribution < 1.29 is 14.6 Å². The summed E-state index contributed by atoms with van der Waals surface area (Å²) in [5.41, 5.74) is 0.564. The first kappa shape index (κ1) is 14.3. The SMILES string of the molecule is COCC(C)(C)Nc1cc(C(=O)O)c2ccccc2n1. The molecule has 0 bridgehead atoms. The van der Waals surface area contributed by atoms with E-state index in [1.165, 1.54) is 0 Å². The molecule has 2 rings (SSSR count). The van der Waals surface area contributed by atoms with E-state index in [0.717, 1.165) is 0 Å². The van der Waals surface area contributed by atoms with Gasteiger partial charge in [-0.25, -0.2) is 9.78 Å². The van der Waals surface area contributed by atoms with Crippen LogP contribution in [0.3, 0.4) is 0 Å². The maximum absolute atomic E-state index is 11.4. The monoisotopic (exact) mass is 274 g/mol. The number of methoxy groups -OCH3 is 1. The van der Waals surface area contributed by atoms with Crippen LogP contribution in [0.1, 0.15) is 24.2 Å². The fourth-order valence-electron chi connectivity index (χ4n) is 2.16. The fourth-order valence-corrected chi connectivity index (χ4v) is 2.16. The van der Waals surface area contributed by atoms with Gasteiger partial charge in [0, 0.05) is 12.5 Å². The number of carboxylic acid groups (broad SMARTS) is 1. The maximum atomic E-state index is 11.4. The van der Waals surface area contributed by atoms with Crippen LogP contribution >= 0.6 is 0 Å². The van der Waals surface area contributed by atoms with E-state index < -0.39 is 5.97 Å². The van der Waals surface area contributed by atoms with Gasteiger partial charge in [-0.1, -0.05) is 18.2 Å². The smallest absolute Gasteiger partial charge is 0.336 e. The second-order valence-electron chi connectivity index (χ2n) is 5.32. The van der Waals surface area contributed by atoms with Crippen molar-refractivity contribution in [1.29, 1.82) is 0 Å². The van der Waals surface area contributed by atoms with Crippen molar-refractivity contribution in [2.24, 2.45) is 0 Å². The van der Waals surface area contributed by atoms with Gasteiger partial charge in [-0.2, -0.15) is 0 Å². The highest BCUT2D eigenvalue weighted by molar-refractivity contribution is 6.03. The molecule has 0 aliphatic carbocycles. The molecule has 0 amide bonds. The second kappa shape index (κ2) is 5.46. The number of para-hydroxylation sites is 1. The Morgan fingerprint density at radius 1 is 1.40 bits per heavy atom. The van der Waals surface area contributed by atoms with Crippen molar-refractivity contribution >= 4 is 22.7 Å². The van der Waals surface area contributed by atoms with Crippen molar-refractivity contribution in [3.05, 3.63) is 35.9 Å². The Morgan fingerprint density at radius 2 is 2.10 bits per heavy atom. The topological polar surface area (TPSA) is 71.5 Å². The molecule has 0 spiro atoms. The standard InChI is InChI=1S/C15H18N2O3/c1-15(2,9-20-3)17-13-8-11(14(18)19)10-6-4-5-7-12(10)16-13/h4-8H,9H2,1-3H3,(H,16,17)(H,18,19). The van der Waals surface area contributed by atoms with E-state index >= 15 is 0 Å². The van der Waals surface area contributed by atoms with Gasteiger partial charge in [-0.15, -0.1) is 0 Å². The summed E-state index contributed by atoms with van der Waals surface area (Å²) in [6.45, 7) is 4.42. The molecule has 1 aromatic heterocycles. The summed E-state index contributed by atoms with van der Waals surface area (Å²) < 4.78 is 5.14. The van der Waals surface area contributed by atoms with E-state index in [4.69, 9.17) is 4.74 Å². The molecule has 0 aliphatic rings. The number of nitrogens with one attached hydrogen (secondary N) is 1. The molecule has 0 radical (unpaired) electrons. The molecule has 20 heavy (non-hydrogen) atoms. The third-order valence-corrected chi connectivity index (χ3v) is 2.92. The number of benzene rings is 1. The Hall–Kier alpha value is -2.14. The molecule has 0 fully saturated rings. The van der Waals surface area contributed by atoms with Crippen LogP contribution in [-0.4, -0.2) is 35.3 Å². The van der Waals surface area contributed by atoms with Gasteiger partial charge < -0.3 is 15.2 Å². The molecule has 0 saturated carbocycles. The fraction of sp³-hybridized carbons (Fsp3) is 0.333. The molecule has 1 heterocycles. The average molecular weight is 274 g/mol. The van der Waals surface area contributed by atoms with Crippen LogP contribution in [0.4, 0.5) is 5.82 Å². The van der Waals surface area contributed by atoms with E-state index in [1.54, 1.807) is 31.4 Å². The maximum Gasteiger partial charge on any atom is 0.336 e. The molecule has 0 aliphatic heterocycles. The lowest BCUT2D eigenvalue weighted by Gasteiger charge is -2.26. The number of fused-ring (bicyclic) bond motifs is 1. The number of carboxylic acids is 1. The van der Waals surface area contributed by atoms with Gasteiger partial charge in [0.25, 0.3) is 0 Å². The third-order valence-electron chi connectivity index (χ3n) is 2.92. The normalized spacial score (nSPS) is 11.6. The van der Waals surface area contributed by atoms with E-state index in [9.17, 15) is 9.90 Å². The number of nitrogens with zero attached hydrogens (tertiary/aromatic N) is 1. The van der Waals surface area contributed by atoms with Gasteiger partial charge in [-0.05, 0) is 26.0 Å². The lowest BCUT2D eigenvalue weighted by molar-refractivity contribution is 0.0699. The van der Waals surface area contributed by atoms with Gasteiger partial charge in [0.05, 0.1) is 23.2 Å². The second-order valence-corrected chi connectivity index (χ2v) is 5.32. The number of pyridine rings is 1. The lowest BCUT2D eigenvalue weighted by Crippen LogP contribution is -2.36. The molecule has 106 valence electrons. The Morgan fingerprint density at radius 3 is 2.75 bits per heavy atom. The van der Waals surface area contributed by atoms with Crippen LogP contribution < -0.4 is 5.32 Å². The predicted molar refractivity (Wildman–Crippen MR) is 78.3 cm³/mol. The first-order valence-electron chi connectivity index (χ1n) is 6.33. The quantitative estimate of drug-likeness (QED) is 0.877. The van der Waals surface area contributed by atoms with Crippen LogP contribution in [0.15, 0.2) is 30.3 Å². The number of hydrogen-bond donors (Lipinski definition) is 2. The Labute approximate surface area is 117 Å². The van der Waals surface area contributed by atoms with E-state index in [1.807, 2.05) is 19.9 Å². The Bertz CT molecular complexity index is 638. The minimum absolute atomic E-state index is 0.242. The van der Waals surface area contributed by atoms with Crippen molar-refractivity contribution in [3.63, 3.8) is 0 Å². The number of aromatic carboxylic acids is 1. The molecule has 0 saturated heterocycles. The highest BCUT2D eigenvalue weighted by Crippen LogP contribution is 2.22. The zero-order valence-corrected chi connectivity index (χ0v) is 11.8. The summed E-state index contributed by atoms with van der Waals surface area (Å²) in [5, 5.41) is 13.2. The number of carbonyl (C=O) groups is 1. The minimum atomic E-state index is -0.962. The number of rotatable bonds is 5. The van der Waals surface area contributed by atoms with Crippen molar-refractivity contribution in [1.82, 2.24) is 4.98 Å². The average Bonchev–Trinajstić information content (AvgIpc) is 2.36. The van der Waals surface area contributed by atoms with Crippen molar-refractivity contribution in [2.75, 3.05) is 19.0 Å². The highest BCUT2D eigenvalue weighted by atomic mass is 16.5. The van der Waals surface area contributed by atoms with Crippen LogP contribution in [0, 0.1) is 0 Å². The first-order chi connectivity index (χ1) is 9.43. The molecule has 2 N–H and O–H groups in total. The zero-order chi connectivity index (χ0) is 14.8. The lowest BCUT2D eigenvalue weighted by atomic mass is 10.1. The van der Waals surface area contributed by atoms with Crippen molar-refractivity contribution in [3.8, 4) is 0 Å². The molecular formula is C15H18N2O3. The summed E-state index contributed by atoms with van der Waals surface area (Å²) in [7, 11) is 1.62. The molecule has 5 nitrogen and oxygen atoms in total. The largest absolute Gasteiger partial charge is 0.478 e. The highest BCUT2D eigenvalue weighted by Gasteiger charge is 2.19. The molecule has 0 unspecified atom stereocenters. The summed E-state index contributed by atoms with van der Waals surface area (Å²) in [6.07, 6.45) is 0. The molecular weight excluding hydrogens is 256 g/mol. The first-order valence-corrected chi connectivity index (χ1v) is 6.33. The summed E-state index contributed by atoms with van der Waals surface area (Å²) >= 11 is 0. The van der Waals surface area contributed by atoms with Gasteiger partial charge >= 0.3 is 5.97 Å². The van der Waals surface area contributed by atoms with Crippen LogP contribution in [0.5, 0.6) is 0 Å². The summed E-state index contributed by atoms with van der Waals surface area (Å²) in [5.74, 6) is -0.431. The van der Waals surface area contributed by atoms with Crippen LogP contribution in [-0.2, 0) is 4.74 Å². The summed E-state index contributed by atoms with van der Waals surface area (Å²) in [4.78, 5) is 15.8.